The number of hydrogen-bond acceptors (Lipinski definition) is 4. The van der Waals surface area contributed by atoms with Crippen LogP contribution in [0.2, 0.25) is 0 Å². The monoisotopic (exact) mass is 401 g/mol. The lowest BCUT2D eigenvalue weighted by atomic mass is 10.2. The molecule has 3 N–H and O–H groups in total. The molecule has 2 aromatic carbocycles. The third-order valence-corrected chi connectivity index (χ3v) is 4.91. The summed E-state index contributed by atoms with van der Waals surface area (Å²) in [4.78, 5) is 3.22. The lowest BCUT2D eigenvalue weighted by molar-refractivity contribution is -0.0436. The standard InChI is InChI=1S/C17H18F3N3O3S/c1-12-2-4-13(5-3-12)23-16(21)22-10-11-26-14-6-8-15(9-7-14)27(24,25)17(18,19)20/h2-9H,10-11H2,1H3,(H3,21,22,23). The molecule has 0 atom stereocenters. The molecule has 6 nitrogen and oxygen atoms in total. The third-order valence-electron chi connectivity index (χ3n) is 3.40. The van der Waals surface area contributed by atoms with Gasteiger partial charge < -0.3 is 15.8 Å². The normalized spacial score (nSPS) is 12.7. The van der Waals surface area contributed by atoms with Gasteiger partial charge in [-0.25, -0.2) is 13.4 Å². The van der Waals surface area contributed by atoms with E-state index in [2.05, 4.69) is 10.3 Å². The highest BCUT2D eigenvalue weighted by Gasteiger charge is 2.46. The van der Waals surface area contributed by atoms with Crippen LogP contribution in [0.5, 0.6) is 5.75 Å². The smallest absolute Gasteiger partial charge is 0.492 e. The number of hydrogen-bond donors (Lipinski definition) is 2. The second-order valence-electron chi connectivity index (χ2n) is 5.53. The first-order chi connectivity index (χ1) is 12.6. The molecule has 146 valence electrons. The maximum absolute atomic E-state index is 12.5. The molecule has 2 aromatic rings. The van der Waals surface area contributed by atoms with Gasteiger partial charge in [0.25, 0.3) is 9.84 Å². The Bertz CT molecular complexity index is 894. The van der Waals surface area contributed by atoms with Gasteiger partial charge in [-0.15, -0.1) is 0 Å². The van der Waals surface area contributed by atoms with Crippen molar-refractivity contribution in [1.82, 2.24) is 0 Å². The zero-order valence-electron chi connectivity index (χ0n) is 14.3. The summed E-state index contributed by atoms with van der Waals surface area (Å²) in [6, 6.07) is 11.5. The van der Waals surface area contributed by atoms with Crippen molar-refractivity contribution in [1.29, 1.82) is 0 Å². The number of halogens is 3. The van der Waals surface area contributed by atoms with E-state index in [1.54, 1.807) is 0 Å². The van der Waals surface area contributed by atoms with Crippen LogP contribution in [-0.2, 0) is 9.84 Å². The van der Waals surface area contributed by atoms with E-state index in [4.69, 9.17) is 10.5 Å². The van der Waals surface area contributed by atoms with E-state index in [-0.39, 0.29) is 24.9 Å². The molecule has 0 aliphatic rings. The van der Waals surface area contributed by atoms with Crippen molar-refractivity contribution in [2.24, 2.45) is 10.7 Å². The van der Waals surface area contributed by atoms with Crippen molar-refractivity contribution in [2.45, 2.75) is 17.3 Å². The van der Waals surface area contributed by atoms with E-state index < -0.39 is 20.2 Å². The molecule has 0 aliphatic heterocycles. The Labute approximate surface area is 154 Å². The molecular weight excluding hydrogens is 383 g/mol. The van der Waals surface area contributed by atoms with Crippen LogP contribution in [0.3, 0.4) is 0 Å². The van der Waals surface area contributed by atoms with E-state index in [0.717, 1.165) is 35.5 Å². The number of aryl methyl sites for hydroxylation is 1. The molecule has 0 heterocycles. The quantitative estimate of drug-likeness (QED) is 0.441. The SMILES string of the molecule is Cc1ccc(NC(N)=NCCOc2ccc(S(=O)(=O)C(F)(F)F)cc2)cc1. The number of nitrogens with zero attached hydrogens (tertiary/aromatic N) is 1. The lowest BCUT2D eigenvalue weighted by Gasteiger charge is -2.09. The van der Waals surface area contributed by atoms with Crippen molar-refractivity contribution >= 4 is 21.5 Å². The van der Waals surface area contributed by atoms with Gasteiger partial charge in [0.1, 0.15) is 12.4 Å². The van der Waals surface area contributed by atoms with Gasteiger partial charge in [0.15, 0.2) is 5.96 Å². The number of rotatable bonds is 6. The Kier molecular flexibility index (Phi) is 6.32. The highest BCUT2D eigenvalue weighted by Crippen LogP contribution is 2.30. The van der Waals surface area contributed by atoms with E-state index in [0.29, 0.717) is 0 Å². The topological polar surface area (TPSA) is 93.8 Å². The van der Waals surface area contributed by atoms with Crippen LogP contribution in [0.4, 0.5) is 18.9 Å². The first-order valence-electron chi connectivity index (χ1n) is 7.77. The van der Waals surface area contributed by atoms with Gasteiger partial charge in [-0.1, -0.05) is 17.7 Å². The largest absolute Gasteiger partial charge is 0.501 e. The van der Waals surface area contributed by atoms with Gasteiger partial charge >= 0.3 is 5.51 Å². The Morgan fingerprint density at radius 2 is 1.70 bits per heavy atom. The van der Waals surface area contributed by atoms with Crippen LogP contribution in [0.1, 0.15) is 5.56 Å². The summed E-state index contributed by atoms with van der Waals surface area (Å²) in [5.74, 6) is 0.408. The minimum absolute atomic E-state index is 0.113. The van der Waals surface area contributed by atoms with Crippen LogP contribution < -0.4 is 15.8 Å². The fourth-order valence-electron chi connectivity index (χ4n) is 2.00. The second-order valence-corrected chi connectivity index (χ2v) is 7.47. The molecule has 0 fully saturated rings. The number of guanidine groups is 1. The van der Waals surface area contributed by atoms with Crippen molar-refractivity contribution in [2.75, 3.05) is 18.5 Å². The van der Waals surface area contributed by atoms with Crippen LogP contribution in [0.15, 0.2) is 58.4 Å². The summed E-state index contributed by atoms with van der Waals surface area (Å²) >= 11 is 0. The molecule has 0 unspecified atom stereocenters. The summed E-state index contributed by atoms with van der Waals surface area (Å²) in [6.45, 7) is 2.28. The minimum atomic E-state index is -5.36. The number of alkyl halides is 3. The molecule has 0 aliphatic carbocycles. The predicted octanol–water partition coefficient (Wildman–Crippen LogP) is 3.09. The Morgan fingerprint density at radius 3 is 2.26 bits per heavy atom. The molecule has 0 radical (unpaired) electrons. The predicted molar refractivity (Wildman–Crippen MR) is 96.5 cm³/mol. The van der Waals surface area contributed by atoms with Crippen molar-refractivity contribution < 1.29 is 26.3 Å². The van der Waals surface area contributed by atoms with Gasteiger partial charge in [-0.3, -0.25) is 0 Å². The molecule has 0 saturated heterocycles. The van der Waals surface area contributed by atoms with Gasteiger partial charge in [0.2, 0.25) is 0 Å². The maximum Gasteiger partial charge on any atom is 0.501 e. The first-order valence-corrected chi connectivity index (χ1v) is 9.26. The summed E-state index contributed by atoms with van der Waals surface area (Å²) in [5.41, 5.74) is 2.29. The van der Waals surface area contributed by atoms with Crippen LogP contribution in [-0.4, -0.2) is 33.0 Å². The fourth-order valence-corrected chi connectivity index (χ4v) is 2.76. The molecule has 0 aromatic heterocycles. The van der Waals surface area contributed by atoms with Gasteiger partial charge in [-0.05, 0) is 43.3 Å². The van der Waals surface area contributed by atoms with Gasteiger partial charge in [0, 0.05) is 5.69 Å². The summed E-state index contributed by atoms with van der Waals surface area (Å²) < 4.78 is 65.2. The third kappa shape index (κ3) is 5.61. The summed E-state index contributed by atoms with van der Waals surface area (Å²) in [6.07, 6.45) is 0. The summed E-state index contributed by atoms with van der Waals surface area (Å²) in [7, 11) is -5.36. The first kappa shape index (κ1) is 20.6. The van der Waals surface area contributed by atoms with E-state index in [1.807, 2.05) is 31.2 Å². The number of aliphatic imine (C=N–C) groups is 1. The highest BCUT2D eigenvalue weighted by atomic mass is 32.2. The van der Waals surface area contributed by atoms with E-state index in [1.165, 1.54) is 0 Å². The lowest BCUT2D eigenvalue weighted by Crippen LogP contribution is -2.23. The van der Waals surface area contributed by atoms with Crippen LogP contribution in [0.25, 0.3) is 0 Å². The fraction of sp³-hybridized carbons (Fsp3) is 0.235. The van der Waals surface area contributed by atoms with Crippen molar-refractivity contribution in [3.8, 4) is 5.75 Å². The minimum Gasteiger partial charge on any atom is -0.492 e. The number of anilines is 1. The van der Waals surface area contributed by atoms with Crippen molar-refractivity contribution in [3.05, 3.63) is 54.1 Å². The molecule has 0 saturated carbocycles. The molecule has 0 amide bonds. The van der Waals surface area contributed by atoms with Crippen LogP contribution in [0, 0.1) is 6.92 Å². The van der Waals surface area contributed by atoms with E-state index >= 15 is 0 Å². The average molecular weight is 401 g/mol. The average Bonchev–Trinajstić information content (AvgIpc) is 2.60. The zero-order chi connectivity index (χ0) is 20.1. The van der Waals surface area contributed by atoms with E-state index in [9.17, 15) is 21.6 Å². The summed E-state index contributed by atoms with van der Waals surface area (Å²) in [5, 5.41) is 2.90. The van der Waals surface area contributed by atoms with Gasteiger partial charge in [0.05, 0.1) is 11.4 Å². The number of ether oxygens (including phenoxy) is 1. The highest BCUT2D eigenvalue weighted by molar-refractivity contribution is 7.92. The molecule has 27 heavy (non-hydrogen) atoms. The molecule has 0 bridgehead atoms. The number of nitrogens with one attached hydrogen (secondary N) is 1. The molecular formula is C17H18F3N3O3S. The molecule has 2 rings (SSSR count). The van der Waals surface area contributed by atoms with Gasteiger partial charge in [-0.2, -0.15) is 13.2 Å². The number of nitrogens with two attached hydrogens (primary N) is 1. The maximum atomic E-state index is 12.5. The van der Waals surface area contributed by atoms with Crippen LogP contribution >= 0.6 is 0 Å². The molecule has 0 spiro atoms. The Morgan fingerprint density at radius 1 is 1.11 bits per heavy atom. The van der Waals surface area contributed by atoms with Crippen molar-refractivity contribution in [3.63, 3.8) is 0 Å². The Balaban J connectivity index is 1.85. The zero-order valence-corrected chi connectivity index (χ0v) is 15.1. The second kappa shape index (κ2) is 8.30. The number of sulfone groups is 1. The number of benzene rings is 2. The molecule has 10 heteroatoms. The Hall–Kier alpha value is -2.75.